The summed E-state index contributed by atoms with van der Waals surface area (Å²) in [7, 11) is 1.74. The lowest BCUT2D eigenvalue weighted by molar-refractivity contribution is 0.204. The number of rotatable bonds is 7. The van der Waals surface area contributed by atoms with Gasteiger partial charge in [0.2, 0.25) is 0 Å². The second-order valence-corrected chi connectivity index (χ2v) is 2.75. The SMILES string of the molecule is CCCCC/C=C\CCOC. The van der Waals surface area contributed by atoms with E-state index < -0.39 is 0 Å². The van der Waals surface area contributed by atoms with E-state index in [1.54, 1.807) is 7.11 Å². The summed E-state index contributed by atoms with van der Waals surface area (Å²) in [5.41, 5.74) is 0. The molecule has 0 rings (SSSR count). The predicted molar refractivity (Wildman–Crippen MR) is 49.8 cm³/mol. The summed E-state index contributed by atoms with van der Waals surface area (Å²) in [6.45, 7) is 3.08. The summed E-state index contributed by atoms with van der Waals surface area (Å²) in [5, 5.41) is 0. The zero-order valence-electron chi connectivity index (χ0n) is 7.81. The van der Waals surface area contributed by atoms with E-state index in [-0.39, 0.29) is 0 Å². The summed E-state index contributed by atoms with van der Waals surface area (Å²) >= 11 is 0. The van der Waals surface area contributed by atoms with Crippen molar-refractivity contribution in [1.82, 2.24) is 0 Å². The van der Waals surface area contributed by atoms with Gasteiger partial charge >= 0.3 is 0 Å². The van der Waals surface area contributed by atoms with E-state index in [1.807, 2.05) is 0 Å². The normalized spacial score (nSPS) is 11.1. The third-order valence-electron chi connectivity index (χ3n) is 1.63. The highest BCUT2D eigenvalue weighted by Crippen LogP contribution is 1.99. The molecule has 0 N–H and O–H groups in total. The molecule has 0 fully saturated rings. The molecule has 0 heterocycles. The van der Waals surface area contributed by atoms with E-state index in [9.17, 15) is 0 Å². The molecule has 0 aromatic heterocycles. The summed E-state index contributed by atoms with van der Waals surface area (Å²) < 4.78 is 4.92. The highest BCUT2D eigenvalue weighted by Gasteiger charge is 1.81. The zero-order chi connectivity index (χ0) is 8.36. The molecule has 0 unspecified atom stereocenters. The van der Waals surface area contributed by atoms with E-state index in [4.69, 9.17) is 4.74 Å². The van der Waals surface area contributed by atoms with Crippen LogP contribution in [0.25, 0.3) is 0 Å². The van der Waals surface area contributed by atoms with E-state index >= 15 is 0 Å². The van der Waals surface area contributed by atoms with Crippen LogP contribution in [0.5, 0.6) is 0 Å². The minimum absolute atomic E-state index is 0.851. The topological polar surface area (TPSA) is 9.23 Å². The maximum absolute atomic E-state index is 4.92. The number of hydrogen-bond acceptors (Lipinski definition) is 1. The van der Waals surface area contributed by atoms with Crippen molar-refractivity contribution in [3.63, 3.8) is 0 Å². The quantitative estimate of drug-likeness (QED) is 0.406. The van der Waals surface area contributed by atoms with Gasteiger partial charge in [0.05, 0.1) is 0 Å². The van der Waals surface area contributed by atoms with Gasteiger partial charge in [-0.1, -0.05) is 31.9 Å². The Balaban J connectivity index is 2.91. The third kappa shape index (κ3) is 9.70. The van der Waals surface area contributed by atoms with Crippen LogP contribution in [-0.2, 0) is 4.74 Å². The Morgan fingerprint density at radius 1 is 1.09 bits per heavy atom. The number of unbranched alkanes of at least 4 members (excludes halogenated alkanes) is 3. The van der Waals surface area contributed by atoms with Crippen molar-refractivity contribution in [2.75, 3.05) is 13.7 Å². The molecular weight excluding hydrogens is 136 g/mol. The first-order chi connectivity index (χ1) is 5.41. The lowest BCUT2D eigenvalue weighted by Gasteiger charge is -1.92. The van der Waals surface area contributed by atoms with Crippen molar-refractivity contribution in [3.8, 4) is 0 Å². The fourth-order valence-corrected chi connectivity index (χ4v) is 0.934. The van der Waals surface area contributed by atoms with Gasteiger partial charge in [0.25, 0.3) is 0 Å². The molecule has 0 aromatic carbocycles. The average molecular weight is 156 g/mol. The summed E-state index contributed by atoms with van der Waals surface area (Å²) in [4.78, 5) is 0. The van der Waals surface area contributed by atoms with E-state index in [1.165, 1.54) is 25.7 Å². The molecule has 66 valence electrons. The second kappa shape index (κ2) is 9.70. The number of hydrogen-bond donors (Lipinski definition) is 0. The molecule has 0 saturated heterocycles. The largest absolute Gasteiger partial charge is 0.384 e. The number of methoxy groups -OCH3 is 1. The van der Waals surface area contributed by atoms with Gasteiger partial charge in [0.1, 0.15) is 0 Å². The van der Waals surface area contributed by atoms with Gasteiger partial charge in [0, 0.05) is 13.7 Å². The van der Waals surface area contributed by atoms with Crippen molar-refractivity contribution in [1.29, 1.82) is 0 Å². The Hall–Kier alpha value is -0.300. The molecule has 0 aromatic rings. The molecule has 1 heteroatoms. The lowest BCUT2D eigenvalue weighted by atomic mass is 10.2. The monoisotopic (exact) mass is 156 g/mol. The van der Waals surface area contributed by atoms with Gasteiger partial charge in [0.15, 0.2) is 0 Å². The molecule has 0 spiro atoms. The molecule has 1 nitrogen and oxygen atoms in total. The Labute approximate surface area is 70.4 Å². The van der Waals surface area contributed by atoms with Crippen LogP contribution in [0.2, 0.25) is 0 Å². The summed E-state index contributed by atoms with van der Waals surface area (Å²) in [6.07, 6.45) is 10.8. The highest BCUT2D eigenvalue weighted by molar-refractivity contribution is 4.80. The lowest BCUT2D eigenvalue weighted by Crippen LogP contribution is -1.83. The molecular formula is C10H20O. The first kappa shape index (κ1) is 10.7. The van der Waals surface area contributed by atoms with Crippen molar-refractivity contribution >= 4 is 0 Å². The van der Waals surface area contributed by atoms with Crippen LogP contribution in [0.3, 0.4) is 0 Å². The number of allylic oxidation sites excluding steroid dienone is 1. The molecule has 0 amide bonds. The third-order valence-corrected chi connectivity index (χ3v) is 1.63. The fraction of sp³-hybridized carbons (Fsp3) is 0.800. The van der Waals surface area contributed by atoms with E-state index in [0.29, 0.717) is 0 Å². The smallest absolute Gasteiger partial charge is 0.0496 e. The molecule has 0 radical (unpaired) electrons. The van der Waals surface area contributed by atoms with Crippen LogP contribution in [0.4, 0.5) is 0 Å². The fourth-order valence-electron chi connectivity index (χ4n) is 0.934. The first-order valence-electron chi connectivity index (χ1n) is 4.55. The number of ether oxygens (including phenoxy) is 1. The maximum Gasteiger partial charge on any atom is 0.0496 e. The van der Waals surface area contributed by atoms with Crippen LogP contribution in [0.1, 0.15) is 39.0 Å². The molecule has 0 aliphatic carbocycles. The Kier molecular flexibility index (Phi) is 9.44. The first-order valence-corrected chi connectivity index (χ1v) is 4.55. The van der Waals surface area contributed by atoms with Crippen LogP contribution in [0.15, 0.2) is 12.2 Å². The van der Waals surface area contributed by atoms with Crippen molar-refractivity contribution in [3.05, 3.63) is 12.2 Å². The Bertz CT molecular complexity index is 86.9. The van der Waals surface area contributed by atoms with Gasteiger partial charge in [-0.2, -0.15) is 0 Å². The van der Waals surface area contributed by atoms with Gasteiger partial charge < -0.3 is 4.74 Å². The van der Waals surface area contributed by atoms with Crippen LogP contribution < -0.4 is 0 Å². The minimum Gasteiger partial charge on any atom is -0.384 e. The molecule has 0 aliphatic heterocycles. The second-order valence-electron chi connectivity index (χ2n) is 2.75. The van der Waals surface area contributed by atoms with Gasteiger partial charge in [-0.25, -0.2) is 0 Å². The van der Waals surface area contributed by atoms with Gasteiger partial charge in [-0.05, 0) is 19.3 Å². The average Bonchev–Trinajstić information content (AvgIpc) is 2.03. The predicted octanol–water partition coefficient (Wildman–Crippen LogP) is 3.16. The molecule has 0 aliphatic rings. The van der Waals surface area contributed by atoms with Crippen LogP contribution in [-0.4, -0.2) is 13.7 Å². The molecule has 0 saturated carbocycles. The van der Waals surface area contributed by atoms with Crippen LogP contribution >= 0.6 is 0 Å². The van der Waals surface area contributed by atoms with Crippen molar-refractivity contribution in [2.24, 2.45) is 0 Å². The molecule has 0 atom stereocenters. The minimum atomic E-state index is 0.851. The van der Waals surface area contributed by atoms with E-state index in [2.05, 4.69) is 19.1 Å². The maximum atomic E-state index is 4.92. The molecule has 0 bridgehead atoms. The van der Waals surface area contributed by atoms with Gasteiger partial charge in [-0.3, -0.25) is 0 Å². The van der Waals surface area contributed by atoms with Crippen molar-refractivity contribution in [2.45, 2.75) is 39.0 Å². The summed E-state index contributed by atoms with van der Waals surface area (Å²) in [5.74, 6) is 0. The summed E-state index contributed by atoms with van der Waals surface area (Å²) in [6, 6.07) is 0. The van der Waals surface area contributed by atoms with Crippen molar-refractivity contribution < 1.29 is 4.74 Å². The van der Waals surface area contributed by atoms with Gasteiger partial charge in [-0.15, -0.1) is 0 Å². The highest BCUT2D eigenvalue weighted by atomic mass is 16.5. The van der Waals surface area contributed by atoms with E-state index in [0.717, 1.165) is 13.0 Å². The zero-order valence-corrected chi connectivity index (χ0v) is 7.81. The van der Waals surface area contributed by atoms with Crippen LogP contribution in [0, 0.1) is 0 Å². The molecule has 11 heavy (non-hydrogen) atoms. The standard InChI is InChI=1S/C10H20O/c1-3-4-5-6-7-8-9-10-11-2/h7-8H,3-6,9-10H2,1-2H3/b8-7-. The Morgan fingerprint density at radius 3 is 2.45 bits per heavy atom. The Morgan fingerprint density at radius 2 is 1.82 bits per heavy atom.